The Bertz CT molecular complexity index is 822. The van der Waals surface area contributed by atoms with Crippen LogP contribution in [-0.4, -0.2) is 87.9 Å². The highest BCUT2D eigenvalue weighted by Crippen LogP contribution is 2.45. The molecule has 2 aromatic rings. The largest absolute Gasteiger partial charge is 0.349 e. The summed E-state index contributed by atoms with van der Waals surface area (Å²) in [5, 5.41) is 4.84. The molecule has 1 unspecified atom stereocenters. The Labute approximate surface area is 157 Å². The zero-order valence-corrected chi connectivity index (χ0v) is 17.2. The van der Waals surface area contributed by atoms with E-state index in [9.17, 15) is 0 Å². The van der Waals surface area contributed by atoms with Crippen LogP contribution in [0.4, 0.5) is 11.4 Å². The maximum absolute atomic E-state index is 5.00. The molecule has 6 nitrogen and oxygen atoms in total. The Morgan fingerprint density at radius 3 is 2.00 bits per heavy atom. The van der Waals surface area contributed by atoms with E-state index >= 15 is 0 Å². The first-order valence-corrected chi connectivity index (χ1v) is 8.91. The Balaban J connectivity index is 2.20. The highest BCUT2D eigenvalue weighted by molar-refractivity contribution is 6.04. The second kappa shape index (κ2) is 6.45. The first-order valence-electron chi connectivity index (χ1n) is 8.91. The molecule has 1 atom stereocenters. The quantitative estimate of drug-likeness (QED) is 0.366. The Morgan fingerprint density at radius 1 is 0.923 bits per heavy atom. The molecule has 0 amide bonds. The van der Waals surface area contributed by atoms with Gasteiger partial charge in [-0.2, -0.15) is 4.59 Å². The highest BCUT2D eigenvalue weighted by Gasteiger charge is 2.61. The summed E-state index contributed by atoms with van der Waals surface area (Å²) >= 11 is 0. The number of aliphatic imine (C=N–C) groups is 1. The number of hydrogen-bond donors (Lipinski definition) is 0. The van der Waals surface area contributed by atoms with Gasteiger partial charge in [0, 0.05) is 33.6 Å². The van der Waals surface area contributed by atoms with E-state index in [1.165, 1.54) is 16.5 Å². The maximum Gasteiger partial charge on any atom is 0.289 e. The van der Waals surface area contributed by atoms with Crippen molar-refractivity contribution in [2.24, 2.45) is 4.99 Å². The van der Waals surface area contributed by atoms with E-state index in [1.807, 2.05) is 38.0 Å². The number of nitrogens with zero attached hydrogens (tertiary/aromatic N) is 6. The number of guanidine groups is 1. The number of hydrogen-bond acceptors (Lipinski definition) is 3. The number of anilines is 1. The standard InChI is InChI=1S/C20H31N6/c1-22(2)19(23(3)4)21-16-13-9-11-15-12-10-14-17(18(15)16)25-20(24(5)6)26(25,7)8/h9-14,20H,1-8H3/q+1. The second-order valence-corrected chi connectivity index (χ2v) is 7.99. The van der Waals surface area contributed by atoms with Gasteiger partial charge in [0.25, 0.3) is 6.29 Å². The summed E-state index contributed by atoms with van der Waals surface area (Å²) in [4.78, 5) is 11.3. The molecular weight excluding hydrogens is 324 g/mol. The molecule has 26 heavy (non-hydrogen) atoms. The van der Waals surface area contributed by atoms with E-state index in [4.69, 9.17) is 4.99 Å². The van der Waals surface area contributed by atoms with Gasteiger partial charge in [-0.15, -0.1) is 5.01 Å². The van der Waals surface area contributed by atoms with E-state index in [-0.39, 0.29) is 0 Å². The Hall–Kier alpha value is -2.31. The average Bonchev–Trinajstić information content (AvgIpc) is 3.13. The molecule has 0 aromatic heterocycles. The SMILES string of the molecule is CN(C)C(=Nc1cccc2cccc(N3C(N(C)C)[N+]3(C)C)c12)N(C)C. The molecule has 0 saturated carbocycles. The molecule has 0 bridgehead atoms. The summed E-state index contributed by atoms with van der Waals surface area (Å²) < 4.78 is 0.818. The monoisotopic (exact) mass is 355 g/mol. The highest BCUT2D eigenvalue weighted by atomic mass is 16.0. The number of fused-ring (bicyclic) bond motifs is 1. The zero-order valence-electron chi connectivity index (χ0n) is 17.2. The smallest absolute Gasteiger partial charge is 0.289 e. The molecule has 1 aliphatic heterocycles. The van der Waals surface area contributed by atoms with Crippen LogP contribution in [0.1, 0.15) is 0 Å². The van der Waals surface area contributed by atoms with E-state index in [1.54, 1.807) is 0 Å². The lowest BCUT2D eigenvalue weighted by Crippen LogP contribution is -2.35. The minimum atomic E-state index is 0.333. The van der Waals surface area contributed by atoms with Crippen molar-refractivity contribution in [3.63, 3.8) is 0 Å². The molecule has 3 rings (SSSR count). The predicted molar refractivity (Wildman–Crippen MR) is 110 cm³/mol. The summed E-state index contributed by atoms with van der Waals surface area (Å²) in [6, 6.07) is 12.9. The molecule has 0 spiro atoms. The van der Waals surface area contributed by atoms with Gasteiger partial charge in [-0.25, -0.2) is 9.89 Å². The molecule has 6 heteroatoms. The van der Waals surface area contributed by atoms with Crippen LogP contribution in [0.3, 0.4) is 0 Å². The van der Waals surface area contributed by atoms with Gasteiger partial charge in [0.05, 0.1) is 19.8 Å². The van der Waals surface area contributed by atoms with Crippen LogP contribution in [0, 0.1) is 0 Å². The molecule has 0 aliphatic carbocycles. The van der Waals surface area contributed by atoms with Gasteiger partial charge in [-0.05, 0) is 31.6 Å². The van der Waals surface area contributed by atoms with Gasteiger partial charge in [-0.1, -0.05) is 24.3 Å². The normalized spacial score (nSPS) is 18.2. The molecule has 1 saturated heterocycles. The predicted octanol–water partition coefficient (Wildman–Crippen LogP) is 2.61. The summed E-state index contributed by atoms with van der Waals surface area (Å²) in [6.45, 7) is 0. The van der Waals surface area contributed by atoms with Gasteiger partial charge in [0.2, 0.25) is 5.96 Å². The first-order chi connectivity index (χ1) is 12.2. The topological polar surface area (TPSA) is 25.1 Å². The lowest BCUT2D eigenvalue weighted by molar-refractivity contribution is -0.782. The Morgan fingerprint density at radius 2 is 1.50 bits per heavy atom. The molecular formula is C20H31N6+. The van der Waals surface area contributed by atoms with Gasteiger partial charge < -0.3 is 9.80 Å². The van der Waals surface area contributed by atoms with E-state index < -0.39 is 0 Å². The van der Waals surface area contributed by atoms with Crippen molar-refractivity contribution in [2.45, 2.75) is 6.29 Å². The number of benzene rings is 2. The molecule has 2 aromatic carbocycles. The minimum Gasteiger partial charge on any atom is -0.349 e. The fourth-order valence-electron chi connectivity index (χ4n) is 3.88. The van der Waals surface area contributed by atoms with E-state index in [0.29, 0.717) is 6.29 Å². The summed E-state index contributed by atoms with van der Waals surface area (Å²) in [5.41, 5.74) is 2.22. The summed E-state index contributed by atoms with van der Waals surface area (Å²) in [7, 11) is 16.8. The fraction of sp³-hybridized carbons (Fsp3) is 0.450. The van der Waals surface area contributed by atoms with Crippen molar-refractivity contribution in [3.05, 3.63) is 36.4 Å². The third-order valence-corrected chi connectivity index (χ3v) is 4.87. The molecule has 0 N–H and O–H groups in total. The van der Waals surface area contributed by atoms with E-state index in [2.05, 4.69) is 74.5 Å². The van der Waals surface area contributed by atoms with Crippen molar-refractivity contribution in [2.75, 3.05) is 61.4 Å². The minimum absolute atomic E-state index is 0.333. The lowest BCUT2D eigenvalue weighted by Gasteiger charge is -2.23. The van der Waals surface area contributed by atoms with Crippen molar-refractivity contribution in [1.29, 1.82) is 0 Å². The lowest BCUT2D eigenvalue weighted by atomic mass is 10.1. The molecule has 1 aliphatic rings. The van der Waals surface area contributed by atoms with Crippen LogP contribution in [0.5, 0.6) is 0 Å². The van der Waals surface area contributed by atoms with Gasteiger partial charge in [0.15, 0.2) is 0 Å². The van der Waals surface area contributed by atoms with Crippen LogP contribution in [0.25, 0.3) is 10.8 Å². The van der Waals surface area contributed by atoms with Gasteiger partial charge in [0.1, 0.15) is 5.69 Å². The second-order valence-electron chi connectivity index (χ2n) is 7.99. The average molecular weight is 356 g/mol. The van der Waals surface area contributed by atoms with Gasteiger partial charge in [-0.3, -0.25) is 0 Å². The van der Waals surface area contributed by atoms with Crippen molar-refractivity contribution >= 4 is 28.1 Å². The van der Waals surface area contributed by atoms with Crippen molar-refractivity contribution in [1.82, 2.24) is 14.7 Å². The third-order valence-electron chi connectivity index (χ3n) is 4.87. The van der Waals surface area contributed by atoms with Crippen molar-refractivity contribution < 1.29 is 4.59 Å². The van der Waals surface area contributed by atoms with Crippen LogP contribution < -0.4 is 5.01 Å². The molecule has 140 valence electrons. The molecule has 1 fully saturated rings. The van der Waals surface area contributed by atoms with Crippen molar-refractivity contribution in [3.8, 4) is 0 Å². The van der Waals surface area contributed by atoms with Crippen LogP contribution in [0.15, 0.2) is 41.4 Å². The van der Waals surface area contributed by atoms with Crippen LogP contribution in [-0.2, 0) is 0 Å². The molecule has 0 radical (unpaired) electrons. The molecule has 1 heterocycles. The Kier molecular flexibility index (Phi) is 4.58. The van der Waals surface area contributed by atoms with Crippen LogP contribution in [0.2, 0.25) is 0 Å². The maximum atomic E-state index is 5.00. The number of quaternary nitrogens is 1. The number of rotatable bonds is 3. The van der Waals surface area contributed by atoms with Crippen LogP contribution >= 0.6 is 0 Å². The zero-order chi connectivity index (χ0) is 19.2. The third kappa shape index (κ3) is 2.99. The summed E-state index contributed by atoms with van der Waals surface area (Å²) in [6.07, 6.45) is 0.333. The summed E-state index contributed by atoms with van der Waals surface area (Å²) in [5.74, 6) is 0.927. The first kappa shape index (κ1) is 18.5. The fourth-order valence-corrected chi connectivity index (χ4v) is 3.88. The van der Waals surface area contributed by atoms with Gasteiger partial charge >= 0.3 is 0 Å². The van der Waals surface area contributed by atoms with E-state index in [0.717, 1.165) is 16.2 Å².